The minimum atomic E-state index is -0.112. The summed E-state index contributed by atoms with van der Waals surface area (Å²) in [6, 6.07) is 20.8. The first kappa shape index (κ1) is 22.4. The summed E-state index contributed by atoms with van der Waals surface area (Å²) in [5, 5.41) is 13.6. The fraction of sp³-hybridized carbons (Fsp3) is 0.125. The van der Waals surface area contributed by atoms with Crippen LogP contribution in [0.1, 0.15) is 11.1 Å². The molecule has 0 saturated heterocycles. The molecule has 8 heteroatoms. The van der Waals surface area contributed by atoms with Crippen LogP contribution in [0.5, 0.6) is 0 Å². The zero-order valence-corrected chi connectivity index (χ0v) is 19.8. The Balaban J connectivity index is 1.59. The fourth-order valence-electron chi connectivity index (χ4n) is 3.35. The maximum Gasteiger partial charge on any atom is 0.234 e. The molecule has 32 heavy (non-hydrogen) atoms. The van der Waals surface area contributed by atoms with Gasteiger partial charge in [-0.25, -0.2) is 0 Å². The number of halogens is 2. The number of benzene rings is 3. The van der Waals surface area contributed by atoms with Gasteiger partial charge in [0.15, 0.2) is 11.0 Å². The first-order chi connectivity index (χ1) is 15.4. The number of rotatable bonds is 6. The molecule has 1 amide bonds. The number of nitrogens with zero attached hydrogens (tertiary/aromatic N) is 3. The van der Waals surface area contributed by atoms with Gasteiger partial charge in [-0.2, -0.15) is 0 Å². The van der Waals surface area contributed by atoms with Crippen LogP contribution in [-0.4, -0.2) is 26.4 Å². The van der Waals surface area contributed by atoms with Crippen molar-refractivity contribution in [2.45, 2.75) is 19.0 Å². The molecular formula is C24H20Cl2N4OS. The Bertz CT molecular complexity index is 1230. The smallest absolute Gasteiger partial charge is 0.234 e. The molecule has 4 rings (SSSR count). The first-order valence-corrected chi connectivity index (χ1v) is 11.6. The highest BCUT2D eigenvalue weighted by Gasteiger charge is 2.17. The first-order valence-electron chi connectivity index (χ1n) is 9.87. The Morgan fingerprint density at radius 3 is 2.12 bits per heavy atom. The largest absolute Gasteiger partial charge is 0.325 e. The summed E-state index contributed by atoms with van der Waals surface area (Å²) in [6.45, 7) is 4.01. The van der Waals surface area contributed by atoms with Crippen molar-refractivity contribution < 1.29 is 4.79 Å². The van der Waals surface area contributed by atoms with E-state index >= 15 is 0 Å². The average molecular weight is 483 g/mol. The average Bonchev–Trinajstić information content (AvgIpc) is 3.16. The number of carbonyl (C=O) groups excluding carboxylic acids is 1. The Hall–Kier alpha value is -2.80. The lowest BCUT2D eigenvalue weighted by Crippen LogP contribution is -2.14. The predicted octanol–water partition coefficient (Wildman–Crippen LogP) is 6.59. The van der Waals surface area contributed by atoms with Crippen molar-refractivity contribution in [3.63, 3.8) is 0 Å². The number of amides is 1. The molecule has 0 atom stereocenters. The topological polar surface area (TPSA) is 59.8 Å². The second kappa shape index (κ2) is 9.77. The highest BCUT2D eigenvalue weighted by Crippen LogP contribution is 2.29. The second-order valence-electron chi connectivity index (χ2n) is 7.34. The highest BCUT2D eigenvalue weighted by molar-refractivity contribution is 7.99. The van der Waals surface area contributed by atoms with Gasteiger partial charge in [0.2, 0.25) is 5.91 Å². The standard InChI is InChI=1S/C24H20Cl2N4OS/c1-15-11-16(2)13-20(12-15)27-22(31)14-32-24-29-28-23(17-3-5-18(25)6-4-17)30(24)21-9-7-19(26)8-10-21/h3-13H,14H2,1-2H3,(H,27,31). The van der Waals surface area contributed by atoms with E-state index in [0.717, 1.165) is 28.1 Å². The zero-order valence-electron chi connectivity index (χ0n) is 17.5. The summed E-state index contributed by atoms with van der Waals surface area (Å²) in [5.74, 6) is 0.735. The lowest BCUT2D eigenvalue weighted by atomic mass is 10.1. The molecule has 0 bridgehead atoms. The number of thioether (sulfide) groups is 1. The maximum absolute atomic E-state index is 12.6. The second-order valence-corrected chi connectivity index (χ2v) is 9.15. The van der Waals surface area contributed by atoms with Gasteiger partial charge in [0, 0.05) is 27.0 Å². The molecule has 4 aromatic rings. The van der Waals surface area contributed by atoms with E-state index in [1.807, 2.05) is 79.1 Å². The van der Waals surface area contributed by atoms with E-state index in [0.29, 0.717) is 21.0 Å². The maximum atomic E-state index is 12.6. The lowest BCUT2D eigenvalue weighted by Gasteiger charge is -2.11. The van der Waals surface area contributed by atoms with Crippen molar-refractivity contribution in [2.75, 3.05) is 11.1 Å². The molecule has 1 aromatic heterocycles. The summed E-state index contributed by atoms with van der Waals surface area (Å²) in [6.07, 6.45) is 0. The van der Waals surface area contributed by atoms with Crippen molar-refractivity contribution in [2.24, 2.45) is 0 Å². The molecular weight excluding hydrogens is 463 g/mol. The molecule has 0 aliphatic rings. The van der Waals surface area contributed by atoms with Gasteiger partial charge < -0.3 is 5.32 Å². The third kappa shape index (κ3) is 5.33. The summed E-state index contributed by atoms with van der Waals surface area (Å²) in [7, 11) is 0. The molecule has 5 nitrogen and oxygen atoms in total. The minimum Gasteiger partial charge on any atom is -0.325 e. The molecule has 0 saturated carbocycles. The van der Waals surface area contributed by atoms with Crippen molar-refractivity contribution in [3.8, 4) is 17.1 Å². The lowest BCUT2D eigenvalue weighted by molar-refractivity contribution is -0.113. The van der Waals surface area contributed by atoms with Crippen LogP contribution in [0.4, 0.5) is 5.69 Å². The van der Waals surface area contributed by atoms with Crippen LogP contribution in [0.15, 0.2) is 71.9 Å². The van der Waals surface area contributed by atoms with Crippen molar-refractivity contribution in [3.05, 3.63) is 87.9 Å². The zero-order chi connectivity index (χ0) is 22.7. The number of aryl methyl sites for hydroxylation is 2. The van der Waals surface area contributed by atoms with Gasteiger partial charge in [0.25, 0.3) is 0 Å². The van der Waals surface area contributed by atoms with E-state index in [9.17, 15) is 4.79 Å². The summed E-state index contributed by atoms with van der Waals surface area (Å²) in [4.78, 5) is 12.6. The van der Waals surface area contributed by atoms with Crippen molar-refractivity contribution in [1.29, 1.82) is 0 Å². The van der Waals surface area contributed by atoms with Gasteiger partial charge in [0.1, 0.15) is 0 Å². The van der Waals surface area contributed by atoms with Crippen LogP contribution >= 0.6 is 35.0 Å². The van der Waals surface area contributed by atoms with E-state index < -0.39 is 0 Å². The van der Waals surface area contributed by atoms with E-state index in [2.05, 4.69) is 21.6 Å². The minimum absolute atomic E-state index is 0.112. The van der Waals surface area contributed by atoms with Crippen LogP contribution < -0.4 is 5.32 Å². The van der Waals surface area contributed by atoms with Crippen LogP contribution in [0.3, 0.4) is 0 Å². The van der Waals surface area contributed by atoms with Crippen molar-refractivity contribution >= 4 is 46.6 Å². The van der Waals surface area contributed by atoms with E-state index in [1.54, 1.807) is 0 Å². The van der Waals surface area contributed by atoms with Gasteiger partial charge in [-0.3, -0.25) is 9.36 Å². The van der Waals surface area contributed by atoms with E-state index in [-0.39, 0.29) is 11.7 Å². The highest BCUT2D eigenvalue weighted by atomic mass is 35.5. The number of aromatic nitrogens is 3. The Labute approximate surface area is 200 Å². The number of nitrogens with one attached hydrogen (secondary N) is 1. The number of carbonyl (C=O) groups is 1. The number of anilines is 1. The van der Waals surface area contributed by atoms with Gasteiger partial charge >= 0.3 is 0 Å². The van der Waals surface area contributed by atoms with E-state index in [1.165, 1.54) is 11.8 Å². The quantitative estimate of drug-likeness (QED) is 0.315. The number of hydrogen-bond acceptors (Lipinski definition) is 4. The normalized spacial score (nSPS) is 10.9. The monoisotopic (exact) mass is 482 g/mol. The third-order valence-corrected chi connectivity index (χ3v) is 6.09. The predicted molar refractivity (Wildman–Crippen MR) is 132 cm³/mol. The Kier molecular flexibility index (Phi) is 6.84. The number of hydrogen-bond donors (Lipinski definition) is 1. The van der Waals surface area contributed by atoms with Gasteiger partial charge in [0.05, 0.1) is 5.75 Å². The van der Waals surface area contributed by atoms with E-state index in [4.69, 9.17) is 23.2 Å². The molecule has 0 aliphatic heterocycles. The molecule has 1 N–H and O–H groups in total. The van der Waals surface area contributed by atoms with Crippen molar-refractivity contribution in [1.82, 2.24) is 14.8 Å². The summed E-state index contributed by atoms with van der Waals surface area (Å²) >= 11 is 13.4. The van der Waals surface area contributed by atoms with Crippen LogP contribution in [0.2, 0.25) is 10.0 Å². The molecule has 0 spiro atoms. The van der Waals surface area contributed by atoms with Gasteiger partial charge in [-0.05, 0) is 85.6 Å². The summed E-state index contributed by atoms with van der Waals surface area (Å²) < 4.78 is 1.91. The van der Waals surface area contributed by atoms with Crippen LogP contribution in [0, 0.1) is 13.8 Å². The Morgan fingerprint density at radius 2 is 1.50 bits per heavy atom. The third-order valence-electron chi connectivity index (χ3n) is 4.66. The molecule has 0 aliphatic carbocycles. The molecule has 162 valence electrons. The molecule has 0 radical (unpaired) electrons. The Morgan fingerprint density at radius 1 is 0.906 bits per heavy atom. The molecule has 0 fully saturated rings. The van der Waals surface area contributed by atoms with Gasteiger partial charge in [-0.15, -0.1) is 10.2 Å². The van der Waals surface area contributed by atoms with Crippen LogP contribution in [0.25, 0.3) is 17.1 Å². The molecule has 0 unspecified atom stereocenters. The van der Waals surface area contributed by atoms with Crippen LogP contribution in [-0.2, 0) is 4.79 Å². The fourth-order valence-corrected chi connectivity index (χ4v) is 4.35. The summed E-state index contributed by atoms with van der Waals surface area (Å²) in [5.41, 5.74) is 4.70. The molecule has 3 aromatic carbocycles. The SMILES string of the molecule is Cc1cc(C)cc(NC(=O)CSc2nnc(-c3ccc(Cl)cc3)n2-c2ccc(Cl)cc2)c1. The molecule has 1 heterocycles. The van der Waals surface area contributed by atoms with Gasteiger partial charge in [-0.1, -0.05) is 41.0 Å².